The molecule has 0 radical (unpaired) electrons. The molecule has 82 valence electrons. The second-order valence-electron chi connectivity index (χ2n) is 3.79. The van der Waals surface area contributed by atoms with E-state index in [-0.39, 0.29) is 18.5 Å². The number of nitrogens with zero attached hydrogens (tertiary/aromatic N) is 1. The SMILES string of the molecule is CC1=CC2OCCN(CCO)C2=CC1=O. The van der Waals surface area contributed by atoms with Gasteiger partial charge >= 0.3 is 0 Å². The molecule has 1 fully saturated rings. The van der Waals surface area contributed by atoms with Gasteiger partial charge in [0.15, 0.2) is 5.78 Å². The lowest BCUT2D eigenvalue weighted by Crippen LogP contribution is -2.42. The number of aliphatic hydroxyl groups is 1. The van der Waals surface area contributed by atoms with E-state index < -0.39 is 0 Å². The number of β-amino-alcohol motifs (C(OH)–C–C–N with tert-alkyl or cyclic N) is 1. The molecule has 1 aliphatic heterocycles. The first kappa shape index (κ1) is 10.4. The van der Waals surface area contributed by atoms with Crippen LogP contribution in [0.5, 0.6) is 0 Å². The maximum absolute atomic E-state index is 11.5. The van der Waals surface area contributed by atoms with E-state index in [0.717, 1.165) is 17.8 Å². The molecule has 1 saturated heterocycles. The van der Waals surface area contributed by atoms with Crippen molar-refractivity contribution in [3.05, 3.63) is 23.4 Å². The molecule has 0 saturated carbocycles. The Balaban J connectivity index is 2.21. The molecule has 0 aromatic rings. The fraction of sp³-hybridized carbons (Fsp3) is 0.545. The average Bonchev–Trinajstić information content (AvgIpc) is 2.21. The smallest absolute Gasteiger partial charge is 0.183 e. The van der Waals surface area contributed by atoms with Crippen LogP contribution < -0.4 is 0 Å². The van der Waals surface area contributed by atoms with E-state index in [4.69, 9.17) is 9.84 Å². The quantitative estimate of drug-likeness (QED) is 0.700. The van der Waals surface area contributed by atoms with Crippen LogP contribution in [0.4, 0.5) is 0 Å². The summed E-state index contributed by atoms with van der Waals surface area (Å²) in [4.78, 5) is 13.5. The molecule has 1 unspecified atom stereocenters. The molecule has 0 bridgehead atoms. The Morgan fingerprint density at radius 2 is 2.47 bits per heavy atom. The Kier molecular flexibility index (Phi) is 2.88. The zero-order chi connectivity index (χ0) is 10.8. The summed E-state index contributed by atoms with van der Waals surface area (Å²) < 4.78 is 5.56. The molecule has 0 amide bonds. The fourth-order valence-corrected chi connectivity index (χ4v) is 1.91. The molecule has 2 rings (SSSR count). The van der Waals surface area contributed by atoms with Crippen molar-refractivity contribution in [3.63, 3.8) is 0 Å². The summed E-state index contributed by atoms with van der Waals surface area (Å²) in [6.07, 6.45) is 3.36. The number of carbonyl (C=O) groups excluding carboxylic acids is 1. The van der Waals surface area contributed by atoms with Crippen molar-refractivity contribution in [2.24, 2.45) is 0 Å². The normalized spacial score (nSPS) is 25.9. The number of fused-ring (bicyclic) bond motifs is 1. The molecule has 0 spiro atoms. The van der Waals surface area contributed by atoms with Crippen molar-refractivity contribution in [2.75, 3.05) is 26.3 Å². The second kappa shape index (κ2) is 4.16. The van der Waals surface area contributed by atoms with Gasteiger partial charge in [-0.1, -0.05) is 0 Å². The summed E-state index contributed by atoms with van der Waals surface area (Å²) in [5.74, 6) is 0.0367. The van der Waals surface area contributed by atoms with Crippen LogP contribution in [0, 0.1) is 0 Å². The van der Waals surface area contributed by atoms with Crippen LogP contribution in [0.25, 0.3) is 0 Å². The molecule has 0 aromatic heterocycles. The van der Waals surface area contributed by atoms with Gasteiger partial charge in [0.2, 0.25) is 0 Å². The summed E-state index contributed by atoms with van der Waals surface area (Å²) in [6, 6.07) is 0. The molecule has 15 heavy (non-hydrogen) atoms. The topological polar surface area (TPSA) is 49.8 Å². The molecular formula is C11H15NO3. The van der Waals surface area contributed by atoms with Gasteiger partial charge in [0.25, 0.3) is 0 Å². The van der Waals surface area contributed by atoms with Gasteiger partial charge in [-0.05, 0) is 18.6 Å². The molecule has 4 nitrogen and oxygen atoms in total. The number of allylic oxidation sites excluding steroid dienone is 2. The summed E-state index contributed by atoms with van der Waals surface area (Å²) in [5.41, 5.74) is 1.61. The number of hydrogen-bond donors (Lipinski definition) is 1. The van der Waals surface area contributed by atoms with Gasteiger partial charge in [0, 0.05) is 19.2 Å². The van der Waals surface area contributed by atoms with Gasteiger partial charge in [-0.3, -0.25) is 4.79 Å². The van der Waals surface area contributed by atoms with Crippen molar-refractivity contribution in [1.82, 2.24) is 4.90 Å². The van der Waals surface area contributed by atoms with E-state index in [1.807, 2.05) is 11.0 Å². The van der Waals surface area contributed by atoms with E-state index in [9.17, 15) is 4.79 Å². The third kappa shape index (κ3) is 1.96. The number of hydrogen-bond acceptors (Lipinski definition) is 4. The molecular weight excluding hydrogens is 194 g/mol. The number of ketones is 1. The van der Waals surface area contributed by atoms with E-state index in [0.29, 0.717) is 13.2 Å². The lowest BCUT2D eigenvalue weighted by molar-refractivity contribution is -0.112. The van der Waals surface area contributed by atoms with E-state index in [2.05, 4.69) is 0 Å². The number of rotatable bonds is 2. The molecule has 0 aromatic carbocycles. The highest BCUT2D eigenvalue weighted by molar-refractivity contribution is 6.05. The Labute approximate surface area is 88.8 Å². The van der Waals surface area contributed by atoms with E-state index in [1.165, 1.54) is 0 Å². The largest absolute Gasteiger partial charge is 0.395 e. The Bertz CT molecular complexity index is 331. The Morgan fingerprint density at radius 1 is 1.67 bits per heavy atom. The average molecular weight is 209 g/mol. The van der Waals surface area contributed by atoms with Gasteiger partial charge in [-0.15, -0.1) is 0 Å². The first-order valence-electron chi connectivity index (χ1n) is 5.14. The molecule has 1 atom stereocenters. The predicted octanol–water partition coefficient (Wildman–Crippen LogP) is 0.0924. The van der Waals surface area contributed by atoms with Crippen LogP contribution in [0.2, 0.25) is 0 Å². The Hall–Kier alpha value is -1.13. The molecule has 4 heteroatoms. The van der Waals surface area contributed by atoms with Crippen LogP contribution >= 0.6 is 0 Å². The van der Waals surface area contributed by atoms with Crippen molar-refractivity contribution in [1.29, 1.82) is 0 Å². The monoisotopic (exact) mass is 209 g/mol. The van der Waals surface area contributed by atoms with E-state index in [1.54, 1.807) is 13.0 Å². The van der Waals surface area contributed by atoms with Crippen LogP contribution in [-0.2, 0) is 9.53 Å². The zero-order valence-electron chi connectivity index (χ0n) is 8.77. The highest BCUT2D eigenvalue weighted by Crippen LogP contribution is 2.24. The van der Waals surface area contributed by atoms with Crippen molar-refractivity contribution in [2.45, 2.75) is 13.0 Å². The first-order chi connectivity index (χ1) is 7.22. The van der Waals surface area contributed by atoms with Gasteiger partial charge in [0.1, 0.15) is 6.10 Å². The minimum atomic E-state index is -0.108. The maximum atomic E-state index is 11.5. The Morgan fingerprint density at radius 3 is 3.20 bits per heavy atom. The first-order valence-corrected chi connectivity index (χ1v) is 5.14. The van der Waals surface area contributed by atoms with Crippen LogP contribution in [0.15, 0.2) is 23.4 Å². The molecule has 1 N–H and O–H groups in total. The molecule has 1 heterocycles. The summed E-state index contributed by atoms with van der Waals surface area (Å²) in [7, 11) is 0. The lowest BCUT2D eigenvalue weighted by atomic mass is 9.99. The van der Waals surface area contributed by atoms with Crippen LogP contribution in [-0.4, -0.2) is 48.2 Å². The van der Waals surface area contributed by atoms with E-state index >= 15 is 0 Å². The van der Waals surface area contributed by atoms with Crippen molar-refractivity contribution >= 4 is 5.78 Å². The third-order valence-electron chi connectivity index (χ3n) is 2.75. The van der Waals surface area contributed by atoms with Gasteiger partial charge in [-0.25, -0.2) is 0 Å². The number of carbonyl (C=O) groups is 1. The number of ether oxygens (including phenoxy) is 1. The summed E-state index contributed by atoms with van der Waals surface area (Å²) in [6.45, 7) is 3.83. The number of aliphatic hydroxyl groups excluding tert-OH is 1. The minimum absolute atomic E-state index is 0.0367. The molecule has 2 aliphatic rings. The third-order valence-corrected chi connectivity index (χ3v) is 2.75. The second-order valence-corrected chi connectivity index (χ2v) is 3.79. The molecule has 1 aliphatic carbocycles. The maximum Gasteiger partial charge on any atom is 0.183 e. The standard InChI is InChI=1S/C11H15NO3/c1-8-6-11-9(7-10(8)14)12(2-4-13)3-5-15-11/h6-7,11,13H,2-5H2,1H3. The van der Waals surface area contributed by atoms with Gasteiger partial charge in [-0.2, -0.15) is 0 Å². The van der Waals surface area contributed by atoms with Gasteiger partial charge in [0.05, 0.1) is 18.9 Å². The van der Waals surface area contributed by atoms with Crippen molar-refractivity contribution < 1.29 is 14.6 Å². The highest BCUT2D eigenvalue weighted by atomic mass is 16.5. The summed E-state index contributed by atoms with van der Waals surface area (Å²) in [5, 5.41) is 8.92. The highest BCUT2D eigenvalue weighted by Gasteiger charge is 2.28. The van der Waals surface area contributed by atoms with Gasteiger partial charge < -0.3 is 14.7 Å². The zero-order valence-corrected chi connectivity index (χ0v) is 8.77. The number of morpholine rings is 1. The summed E-state index contributed by atoms with van der Waals surface area (Å²) >= 11 is 0. The van der Waals surface area contributed by atoms with Crippen LogP contribution in [0.1, 0.15) is 6.92 Å². The predicted molar refractivity (Wildman–Crippen MR) is 55.2 cm³/mol. The fourth-order valence-electron chi connectivity index (χ4n) is 1.91. The lowest BCUT2D eigenvalue weighted by Gasteiger charge is -2.37. The minimum Gasteiger partial charge on any atom is -0.395 e. The van der Waals surface area contributed by atoms with Crippen molar-refractivity contribution in [3.8, 4) is 0 Å². The van der Waals surface area contributed by atoms with Crippen LogP contribution in [0.3, 0.4) is 0 Å².